The smallest absolute Gasteiger partial charge is 0.0410 e. The van der Waals surface area contributed by atoms with Gasteiger partial charge in [0, 0.05) is 27.4 Å². The molecule has 2 aromatic rings. The van der Waals surface area contributed by atoms with Crippen molar-refractivity contribution in [2.24, 2.45) is 0 Å². The molecule has 0 aliphatic heterocycles. The molecule has 0 aliphatic carbocycles. The van der Waals surface area contributed by atoms with Crippen LogP contribution in [0.5, 0.6) is 0 Å². The van der Waals surface area contributed by atoms with Crippen LogP contribution in [0.4, 0.5) is 0 Å². The number of hydrogen-bond donors (Lipinski definition) is 1. The minimum Gasteiger partial charge on any atom is -0.310 e. The Morgan fingerprint density at radius 1 is 1.25 bits per heavy atom. The molecule has 20 heavy (non-hydrogen) atoms. The van der Waals surface area contributed by atoms with Crippen LogP contribution in [0.25, 0.3) is 0 Å². The van der Waals surface area contributed by atoms with Gasteiger partial charge < -0.3 is 5.32 Å². The Hall–Kier alpha value is -0.710. The first-order chi connectivity index (χ1) is 9.61. The second kappa shape index (κ2) is 7.34. The predicted octanol–water partition coefficient (Wildman–Crippen LogP) is 4.81. The summed E-state index contributed by atoms with van der Waals surface area (Å²) >= 11 is 7.10. The zero-order valence-corrected chi connectivity index (χ0v) is 14.8. The van der Waals surface area contributed by atoms with Crippen LogP contribution in [0.1, 0.15) is 29.7 Å². The summed E-state index contributed by atoms with van der Waals surface area (Å²) in [5.74, 6) is 0. The molecule has 1 heterocycles. The van der Waals surface area contributed by atoms with E-state index in [4.69, 9.17) is 0 Å². The fraction of sp³-hybridized carbons (Fsp3) is 0.312. The zero-order valence-electron chi connectivity index (χ0n) is 11.7. The van der Waals surface area contributed by atoms with Crippen LogP contribution in [-0.2, 0) is 6.42 Å². The maximum atomic E-state index is 4.25. The van der Waals surface area contributed by atoms with Crippen LogP contribution < -0.4 is 5.32 Å². The Kier molecular flexibility index (Phi) is 5.75. The van der Waals surface area contributed by atoms with Crippen molar-refractivity contribution in [3.8, 4) is 0 Å². The van der Waals surface area contributed by atoms with Gasteiger partial charge in [0.2, 0.25) is 0 Å². The number of hydrogen-bond acceptors (Lipinski definition) is 2. The number of halogens is 2. The molecule has 2 rings (SSSR count). The third kappa shape index (κ3) is 3.90. The lowest BCUT2D eigenvalue weighted by Crippen LogP contribution is -2.23. The standard InChI is InChI=1S/C16H18Br2N2/c1-3-20-16(8-12-7-13(17)10-19-9-12)14-5-4-6-15(18)11(14)2/h4-7,9-10,16,20H,3,8H2,1-2H3. The maximum absolute atomic E-state index is 4.25. The summed E-state index contributed by atoms with van der Waals surface area (Å²) in [5, 5.41) is 3.57. The third-order valence-electron chi connectivity index (χ3n) is 3.34. The van der Waals surface area contributed by atoms with E-state index < -0.39 is 0 Å². The minimum atomic E-state index is 0.300. The molecule has 2 nitrogen and oxygen atoms in total. The van der Waals surface area contributed by atoms with Crippen molar-refractivity contribution in [3.05, 3.63) is 62.3 Å². The molecule has 0 spiro atoms. The number of pyridine rings is 1. The van der Waals surface area contributed by atoms with Gasteiger partial charge in [-0.25, -0.2) is 0 Å². The van der Waals surface area contributed by atoms with Gasteiger partial charge in [-0.2, -0.15) is 0 Å². The van der Waals surface area contributed by atoms with Crippen molar-refractivity contribution in [2.75, 3.05) is 6.54 Å². The van der Waals surface area contributed by atoms with E-state index in [1.54, 1.807) is 0 Å². The summed E-state index contributed by atoms with van der Waals surface area (Å²) in [6.07, 6.45) is 4.68. The molecular formula is C16H18Br2N2. The highest BCUT2D eigenvalue weighted by Gasteiger charge is 2.15. The number of aromatic nitrogens is 1. The normalized spacial score (nSPS) is 12.4. The van der Waals surface area contributed by atoms with Gasteiger partial charge in [-0.1, -0.05) is 35.0 Å². The molecule has 1 unspecified atom stereocenters. The fourth-order valence-electron chi connectivity index (χ4n) is 2.34. The second-order valence-corrected chi connectivity index (χ2v) is 6.55. The van der Waals surface area contributed by atoms with Crippen LogP contribution in [0, 0.1) is 6.92 Å². The van der Waals surface area contributed by atoms with E-state index in [2.05, 4.69) is 80.3 Å². The van der Waals surface area contributed by atoms with E-state index in [0.29, 0.717) is 6.04 Å². The summed E-state index contributed by atoms with van der Waals surface area (Å²) in [7, 11) is 0. The second-order valence-electron chi connectivity index (χ2n) is 4.78. The van der Waals surface area contributed by atoms with Crippen molar-refractivity contribution < 1.29 is 0 Å². The average molecular weight is 398 g/mol. The largest absolute Gasteiger partial charge is 0.310 e. The van der Waals surface area contributed by atoms with E-state index >= 15 is 0 Å². The first kappa shape index (κ1) is 15.7. The van der Waals surface area contributed by atoms with Crippen LogP contribution in [-0.4, -0.2) is 11.5 Å². The summed E-state index contributed by atoms with van der Waals surface area (Å²) in [4.78, 5) is 4.25. The van der Waals surface area contributed by atoms with Crippen molar-refractivity contribution in [2.45, 2.75) is 26.3 Å². The van der Waals surface area contributed by atoms with Gasteiger partial charge in [0.05, 0.1) is 0 Å². The Morgan fingerprint density at radius 3 is 2.75 bits per heavy atom. The van der Waals surface area contributed by atoms with Gasteiger partial charge in [-0.3, -0.25) is 4.98 Å². The van der Waals surface area contributed by atoms with Crippen LogP contribution >= 0.6 is 31.9 Å². The molecule has 0 fully saturated rings. The van der Waals surface area contributed by atoms with E-state index in [0.717, 1.165) is 21.9 Å². The van der Waals surface area contributed by atoms with E-state index in [-0.39, 0.29) is 0 Å². The number of nitrogens with one attached hydrogen (secondary N) is 1. The monoisotopic (exact) mass is 396 g/mol. The topological polar surface area (TPSA) is 24.9 Å². The number of likely N-dealkylation sites (N-methyl/N-ethyl adjacent to an activating group) is 1. The summed E-state index contributed by atoms with van der Waals surface area (Å²) < 4.78 is 2.18. The maximum Gasteiger partial charge on any atom is 0.0410 e. The fourth-order valence-corrected chi connectivity index (χ4v) is 3.14. The van der Waals surface area contributed by atoms with Crippen molar-refractivity contribution >= 4 is 31.9 Å². The molecule has 0 saturated carbocycles. The Labute approximate surface area is 137 Å². The van der Waals surface area contributed by atoms with Gasteiger partial charge >= 0.3 is 0 Å². The lowest BCUT2D eigenvalue weighted by Gasteiger charge is -2.21. The van der Waals surface area contributed by atoms with E-state index in [9.17, 15) is 0 Å². The van der Waals surface area contributed by atoms with Gasteiger partial charge in [0.25, 0.3) is 0 Å². The van der Waals surface area contributed by atoms with Crippen molar-refractivity contribution in [3.63, 3.8) is 0 Å². The highest BCUT2D eigenvalue weighted by molar-refractivity contribution is 9.10. The molecule has 1 N–H and O–H groups in total. The molecule has 0 amide bonds. The molecular weight excluding hydrogens is 380 g/mol. The number of rotatable bonds is 5. The molecule has 1 aromatic carbocycles. The SMILES string of the molecule is CCNC(Cc1cncc(Br)c1)c1cccc(Br)c1C. The van der Waals surface area contributed by atoms with Crippen molar-refractivity contribution in [1.82, 2.24) is 10.3 Å². The Balaban J connectivity index is 2.29. The molecule has 0 radical (unpaired) electrons. The number of nitrogens with zero attached hydrogens (tertiary/aromatic N) is 1. The van der Waals surface area contributed by atoms with E-state index in [1.165, 1.54) is 16.7 Å². The predicted molar refractivity (Wildman–Crippen MR) is 90.9 cm³/mol. The number of benzene rings is 1. The highest BCUT2D eigenvalue weighted by atomic mass is 79.9. The first-order valence-corrected chi connectivity index (χ1v) is 8.28. The van der Waals surface area contributed by atoms with Crippen LogP contribution in [0.15, 0.2) is 45.6 Å². The minimum absolute atomic E-state index is 0.300. The van der Waals surface area contributed by atoms with Crippen LogP contribution in [0.3, 0.4) is 0 Å². The molecule has 1 aromatic heterocycles. The van der Waals surface area contributed by atoms with E-state index in [1.807, 2.05) is 12.4 Å². The summed E-state index contributed by atoms with van der Waals surface area (Å²) in [6.45, 7) is 5.24. The Bertz CT molecular complexity index is 584. The van der Waals surface area contributed by atoms with Crippen molar-refractivity contribution in [1.29, 1.82) is 0 Å². The van der Waals surface area contributed by atoms with Gasteiger partial charge in [-0.05, 0) is 64.6 Å². The van der Waals surface area contributed by atoms with Gasteiger partial charge in [-0.15, -0.1) is 0 Å². The van der Waals surface area contributed by atoms with Crippen LogP contribution in [0.2, 0.25) is 0 Å². The van der Waals surface area contributed by atoms with Gasteiger partial charge in [0.1, 0.15) is 0 Å². The van der Waals surface area contributed by atoms with Gasteiger partial charge in [0.15, 0.2) is 0 Å². The molecule has 4 heteroatoms. The Morgan fingerprint density at radius 2 is 2.05 bits per heavy atom. The zero-order chi connectivity index (χ0) is 14.5. The highest BCUT2D eigenvalue weighted by Crippen LogP contribution is 2.27. The molecule has 106 valence electrons. The lowest BCUT2D eigenvalue weighted by atomic mass is 9.96. The molecule has 1 atom stereocenters. The molecule has 0 saturated heterocycles. The molecule has 0 bridgehead atoms. The lowest BCUT2D eigenvalue weighted by molar-refractivity contribution is 0.546. The summed E-state index contributed by atoms with van der Waals surface area (Å²) in [6, 6.07) is 8.80. The quantitative estimate of drug-likeness (QED) is 0.782. The first-order valence-electron chi connectivity index (χ1n) is 6.69. The third-order valence-corrected chi connectivity index (χ3v) is 4.63. The molecule has 0 aliphatic rings. The summed E-state index contributed by atoms with van der Waals surface area (Å²) in [5.41, 5.74) is 3.85. The average Bonchev–Trinajstić information content (AvgIpc) is 2.42.